The van der Waals surface area contributed by atoms with Crippen molar-refractivity contribution in [1.29, 1.82) is 0 Å². The molecular formula is C9H8F2N2O5. The fraction of sp³-hybridized carbons (Fsp3) is 0.333. The Balaban J connectivity index is 3.60. The summed E-state index contributed by atoms with van der Waals surface area (Å²) in [6.07, 6.45) is -3.15. The molecule has 0 aromatic carbocycles. The smallest absolute Gasteiger partial charge is 0.364 e. The molecule has 7 nitrogen and oxygen atoms in total. The van der Waals surface area contributed by atoms with Gasteiger partial charge in [0.2, 0.25) is 11.6 Å². The lowest BCUT2D eigenvalue weighted by atomic mass is 10.1. The van der Waals surface area contributed by atoms with Crippen molar-refractivity contribution in [2.75, 3.05) is 14.2 Å². The highest BCUT2D eigenvalue weighted by atomic mass is 19.3. The van der Waals surface area contributed by atoms with E-state index in [0.717, 1.165) is 14.2 Å². The van der Waals surface area contributed by atoms with E-state index < -0.39 is 34.3 Å². The number of hydrogen-bond donors (Lipinski definition) is 0. The maximum atomic E-state index is 12.7. The molecule has 18 heavy (non-hydrogen) atoms. The summed E-state index contributed by atoms with van der Waals surface area (Å²) in [6, 6.07) is 0.704. The third-order valence-electron chi connectivity index (χ3n) is 2.00. The van der Waals surface area contributed by atoms with Crippen LogP contribution in [-0.2, 0) is 4.74 Å². The van der Waals surface area contributed by atoms with Crippen LogP contribution in [0.1, 0.15) is 22.5 Å². The third kappa shape index (κ3) is 2.50. The summed E-state index contributed by atoms with van der Waals surface area (Å²) in [5, 5.41) is 10.8. The molecule has 0 bridgehead atoms. The van der Waals surface area contributed by atoms with Gasteiger partial charge in [-0.05, 0) is 0 Å². The largest absolute Gasteiger partial charge is 0.481 e. The lowest BCUT2D eigenvalue weighted by Crippen LogP contribution is -2.12. The Morgan fingerprint density at radius 2 is 2.11 bits per heavy atom. The Labute approximate surface area is 99.5 Å². The monoisotopic (exact) mass is 262 g/mol. The normalized spacial score (nSPS) is 10.3. The number of methoxy groups -OCH3 is 2. The van der Waals surface area contributed by atoms with Gasteiger partial charge >= 0.3 is 11.7 Å². The Morgan fingerprint density at radius 3 is 2.50 bits per heavy atom. The number of carbonyl (C=O) groups is 1. The van der Waals surface area contributed by atoms with Crippen LogP contribution < -0.4 is 4.74 Å². The molecule has 0 saturated heterocycles. The van der Waals surface area contributed by atoms with Crippen LogP contribution in [0.5, 0.6) is 5.88 Å². The zero-order chi connectivity index (χ0) is 13.9. The number of hydrogen-bond acceptors (Lipinski definition) is 6. The highest BCUT2D eigenvalue weighted by Gasteiger charge is 2.32. The van der Waals surface area contributed by atoms with E-state index in [0.29, 0.717) is 6.07 Å². The number of alkyl halides is 2. The second kappa shape index (κ2) is 5.34. The van der Waals surface area contributed by atoms with Gasteiger partial charge in [-0.15, -0.1) is 0 Å². The minimum atomic E-state index is -3.15. The van der Waals surface area contributed by atoms with Crippen LogP contribution in [0.25, 0.3) is 0 Å². The van der Waals surface area contributed by atoms with E-state index in [-0.39, 0.29) is 5.88 Å². The van der Waals surface area contributed by atoms with E-state index in [2.05, 4.69) is 14.5 Å². The maximum absolute atomic E-state index is 12.7. The van der Waals surface area contributed by atoms with Crippen LogP contribution in [-0.4, -0.2) is 30.1 Å². The molecule has 0 radical (unpaired) electrons. The average Bonchev–Trinajstić information content (AvgIpc) is 2.35. The molecule has 0 atom stereocenters. The summed E-state index contributed by atoms with van der Waals surface area (Å²) in [5.41, 5.74) is -2.86. The SMILES string of the molecule is COC(=O)c1nc(OC)cc(C(F)F)c1[N+](=O)[O-]. The Hall–Kier alpha value is -2.32. The van der Waals surface area contributed by atoms with Crippen molar-refractivity contribution in [3.05, 3.63) is 27.4 Å². The van der Waals surface area contributed by atoms with Gasteiger partial charge in [0.15, 0.2) is 0 Å². The average molecular weight is 262 g/mol. The van der Waals surface area contributed by atoms with Crippen LogP contribution in [0.3, 0.4) is 0 Å². The van der Waals surface area contributed by atoms with Crippen molar-refractivity contribution in [3.8, 4) is 5.88 Å². The van der Waals surface area contributed by atoms with E-state index in [9.17, 15) is 23.7 Å². The number of nitrogens with zero attached hydrogens (tertiary/aromatic N) is 2. The number of ether oxygens (including phenoxy) is 2. The molecule has 9 heteroatoms. The molecule has 0 aliphatic carbocycles. The predicted molar refractivity (Wildman–Crippen MR) is 53.7 cm³/mol. The maximum Gasteiger partial charge on any atom is 0.364 e. The summed E-state index contributed by atoms with van der Waals surface area (Å²) < 4.78 is 34.3. The van der Waals surface area contributed by atoms with Gasteiger partial charge in [-0.3, -0.25) is 10.1 Å². The molecule has 0 spiro atoms. The van der Waals surface area contributed by atoms with Crippen molar-refractivity contribution in [2.24, 2.45) is 0 Å². The second-order valence-corrected chi connectivity index (χ2v) is 3.00. The molecule has 98 valence electrons. The second-order valence-electron chi connectivity index (χ2n) is 3.00. The Kier molecular flexibility index (Phi) is 4.08. The predicted octanol–water partition coefficient (Wildman–Crippen LogP) is 1.72. The highest BCUT2D eigenvalue weighted by Crippen LogP contribution is 2.33. The minimum Gasteiger partial charge on any atom is -0.481 e. The molecule has 0 aliphatic rings. The Bertz CT molecular complexity index is 492. The summed E-state index contributed by atoms with van der Waals surface area (Å²) >= 11 is 0. The van der Waals surface area contributed by atoms with Crippen LogP contribution in [0.2, 0.25) is 0 Å². The summed E-state index contributed by atoms with van der Waals surface area (Å²) in [7, 11) is 2.08. The number of aromatic nitrogens is 1. The van der Waals surface area contributed by atoms with Crippen molar-refractivity contribution >= 4 is 11.7 Å². The van der Waals surface area contributed by atoms with Gasteiger partial charge in [0.05, 0.1) is 19.1 Å². The number of nitro groups is 1. The Morgan fingerprint density at radius 1 is 1.50 bits per heavy atom. The van der Waals surface area contributed by atoms with Gasteiger partial charge in [0.1, 0.15) is 5.56 Å². The number of rotatable bonds is 4. The molecule has 0 fully saturated rings. The standard InChI is InChI=1S/C9H8F2N2O5/c1-17-5-3-4(8(10)11)7(13(15)16)6(12-5)9(14)18-2/h3,8H,1-2H3. The first-order valence-electron chi connectivity index (χ1n) is 4.52. The van der Waals surface area contributed by atoms with Crippen LogP contribution in [0, 0.1) is 10.1 Å². The fourth-order valence-corrected chi connectivity index (χ4v) is 1.24. The zero-order valence-electron chi connectivity index (χ0n) is 9.35. The van der Waals surface area contributed by atoms with Crippen LogP contribution in [0.15, 0.2) is 6.07 Å². The molecule has 1 rings (SSSR count). The molecule has 0 N–H and O–H groups in total. The molecule has 0 saturated carbocycles. The van der Waals surface area contributed by atoms with Gasteiger partial charge < -0.3 is 9.47 Å². The quantitative estimate of drug-likeness (QED) is 0.466. The first kappa shape index (κ1) is 13.7. The van der Waals surface area contributed by atoms with E-state index in [4.69, 9.17) is 0 Å². The molecule has 1 heterocycles. The molecule has 1 aromatic heterocycles. The molecular weight excluding hydrogens is 254 g/mol. The van der Waals surface area contributed by atoms with Gasteiger partial charge in [0.25, 0.3) is 6.43 Å². The summed E-state index contributed by atoms with van der Waals surface area (Å²) in [4.78, 5) is 24.4. The zero-order valence-corrected chi connectivity index (χ0v) is 9.35. The number of pyridine rings is 1. The number of esters is 1. The fourth-order valence-electron chi connectivity index (χ4n) is 1.24. The lowest BCUT2D eigenvalue weighted by Gasteiger charge is -2.08. The van der Waals surface area contributed by atoms with Gasteiger partial charge in [-0.1, -0.05) is 0 Å². The van der Waals surface area contributed by atoms with Crippen LogP contribution in [0.4, 0.5) is 14.5 Å². The van der Waals surface area contributed by atoms with Gasteiger partial charge in [0, 0.05) is 6.07 Å². The van der Waals surface area contributed by atoms with Crippen molar-refractivity contribution in [2.45, 2.75) is 6.43 Å². The molecule has 1 aromatic rings. The molecule has 0 aliphatic heterocycles. The minimum absolute atomic E-state index is 0.337. The van der Waals surface area contributed by atoms with E-state index >= 15 is 0 Å². The first-order valence-corrected chi connectivity index (χ1v) is 4.52. The highest BCUT2D eigenvalue weighted by molar-refractivity contribution is 5.92. The number of halogens is 2. The van der Waals surface area contributed by atoms with Crippen molar-refractivity contribution in [1.82, 2.24) is 4.98 Å². The molecule has 0 unspecified atom stereocenters. The summed E-state index contributed by atoms with van der Waals surface area (Å²) in [6.45, 7) is 0. The first-order chi connectivity index (χ1) is 8.42. The molecule has 0 amide bonds. The third-order valence-corrected chi connectivity index (χ3v) is 2.00. The lowest BCUT2D eigenvalue weighted by molar-refractivity contribution is -0.386. The van der Waals surface area contributed by atoms with Crippen LogP contribution >= 0.6 is 0 Å². The van der Waals surface area contributed by atoms with Crippen molar-refractivity contribution in [3.63, 3.8) is 0 Å². The van der Waals surface area contributed by atoms with Crippen molar-refractivity contribution < 1.29 is 28.0 Å². The van der Waals surface area contributed by atoms with Gasteiger partial charge in [-0.2, -0.15) is 4.98 Å². The summed E-state index contributed by atoms with van der Waals surface area (Å²) in [5.74, 6) is -1.53. The van der Waals surface area contributed by atoms with E-state index in [1.54, 1.807) is 0 Å². The number of carbonyl (C=O) groups excluding carboxylic acids is 1. The van der Waals surface area contributed by atoms with E-state index in [1.807, 2.05) is 0 Å². The topological polar surface area (TPSA) is 91.6 Å². The van der Waals surface area contributed by atoms with E-state index in [1.165, 1.54) is 0 Å². The van der Waals surface area contributed by atoms with Gasteiger partial charge in [-0.25, -0.2) is 13.6 Å².